The van der Waals surface area contributed by atoms with Gasteiger partial charge >= 0.3 is 0 Å². The summed E-state index contributed by atoms with van der Waals surface area (Å²) < 4.78 is 12.0. The molecule has 1 aromatic heterocycles. The van der Waals surface area contributed by atoms with E-state index in [-0.39, 0.29) is 6.10 Å². The minimum absolute atomic E-state index is 0.111. The molecule has 132 valence electrons. The predicted molar refractivity (Wildman–Crippen MR) is 98.8 cm³/mol. The van der Waals surface area contributed by atoms with Gasteiger partial charge in [-0.25, -0.2) is 4.98 Å². The number of aromatic amines is 1. The van der Waals surface area contributed by atoms with Crippen molar-refractivity contribution in [2.75, 3.05) is 0 Å². The quantitative estimate of drug-likeness (QED) is 0.690. The number of hydrogen-bond donors (Lipinski definition) is 1. The Hall–Kier alpha value is -2.79. The number of allylic oxidation sites excluding steroid dienone is 1. The van der Waals surface area contributed by atoms with Crippen molar-refractivity contribution < 1.29 is 9.47 Å². The molecule has 3 aromatic rings. The zero-order valence-electron chi connectivity index (χ0n) is 14.1. The van der Waals surface area contributed by atoms with E-state index in [1.807, 2.05) is 48.5 Å². The summed E-state index contributed by atoms with van der Waals surface area (Å²) >= 11 is 6.19. The fraction of sp³-hybridized carbons (Fsp3) is 0.200. The highest BCUT2D eigenvalue weighted by atomic mass is 35.5. The Morgan fingerprint density at radius 1 is 1.19 bits per heavy atom. The van der Waals surface area contributed by atoms with Crippen LogP contribution in [0.5, 0.6) is 5.75 Å². The van der Waals surface area contributed by atoms with Crippen molar-refractivity contribution >= 4 is 11.6 Å². The molecular formula is C20H18ClN3O2. The molecule has 0 amide bonds. The summed E-state index contributed by atoms with van der Waals surface area (Å²) in [5.41, 5.74) is 2.12. The Bertz CT molecular complexity index is 895. The van der Waals surface area contributed by atoms with Crippen LogP contribution in [-0.2, 0) is 17.8 Å². The Labute approximate surface area is 156 Å². The van der Waals surface area contributed by atoms with Crippen molar-refractivity contribution in [1.82, 2.24) is 15.2 Å². The number of ether oxygens (including phenoxy) is 2. The van der Waals surface area contributed by atoms with Gasteiger partial charge in [-0.05, 0) is 29.8 Å². The number of H-pyrrole nitrogens is 1. The van der Waals surface area contributed by atoms with Crippen LogP contribution in [0.2, 0.25) is 5.02 Å². The third-order valence-corrected chi connectivity index (χ3v) is 4.45. The molecule has 0 saturated heterocycles. The van der Waals surface area contributed by atoms with E-state index in [0.717, 1.165) is 34.9 Å². The summed E-state index contributed by atoms with van der Waals surface area (Å²) in [4.78, 5) is 4.16. The number of rotatable bonds is 6. The number of hydrogen-bond acceptors (Lipinski definition) is 4. The van der Waals surface area contributed by atoms with Crippen molar-refractivity contribution in [3.63, 3.8) is 0 Å². The maximum atomic E-state index is 6.19. The molecule has 5 nitrogen and oxygen atoms in total. The van der Waals surface area contributed by atoms with E-state index >= 15 is 0 Å². The van der Waals surface area contributed by atoms with E-state index in [2.05, 4.69) is 21.3 Å². The molecule has 0 spiro atoms. The molecule has 1 aliphatic rings. The summed E-state index contributed by atoms with van der Waals surface area (Å²) in [6.45, 7) is 0.510. The van der Waals surface area contributed by atoms with E-state index in [1.165, 1.54) is 6.33 Å². The van der Waals surface area contributed by atoms with Crippen LogP contribution in [0.1, 0.15) is 29.5 Å². The van der Waals surface area contributed by atoms with E-state index in [9.17, 15) is 0 Å². The topological polar surface area (TPSA) is 60.0 Å². The van der Waals surface area contributed by atoms with Crippen LogP contribution in [0.4, 0.5) is 0 Å². The van der Waals surface area contributed by atoms with Gasteiger partial charge < -0.3 is 9.47 Å². The molecule has 26 heavy (non-hydrogen) atoms. The summed E-state index contributed by atoms with van der Waals surface area (Å²) in [5, 5.41) is 7.41. The van der Waals surface area contributed by atoms with Gasteiger partial charge in [-0.15, -0.1) is 0 Å². The van der Waals surface area contributed by atoms with Gasteiger partial charge in [0.15, 0.2) is 11.9 Å². The molecule has 0 radical (unpaired) electrons. The highest BCUT2D eigenvalue weighted by molar-refractivity contribution is 6.30. The first-order valence-corrected chi connectivity index (χ1v) is 8.82. The SMILES string of the molecule is Clc1ccc(OCc2ccccc2)c(CC2=CCC(c3ncn[nH]3)O2)c1. The normalized spacial score (nSPS) is 16.2. The third kappa shape index (κ3) is 3.89. The molecule has 1 N–H and O–H groups in total. The summed E-state index contributed by atoms with van der Waals surface area (Å²) in [6.07, 6.45) is 4.85. The van der Waals surface area contributed by atoms with Gasteiger partial charge in [0, 0.05) is 23.4 Å². The molecular weight excluding hydrogens is 350 g/mol. The van der Waals surface area contributed by atoms with Crippen LogP contribution in [0, 0.1) is 0 Å². The molecule has 6 heteroatoms. The maximum absolute atomic E-state index is 6.19. The molecule has 1 atom stereocenters. The molecule has 0 saturated carbocycles. The third-order valence-electron chi connectivity index (χ3n) is 4.22. The fourth-order valence-corrected chi connectivity index (χ4v) is 3.11. The Balaban J connectivity index is 1.45. The van der Waals surface area contributed by atoms with Crippen molar-refractivity contribution in [3.05, 3.63) is 88.7 Å². The number of nitrogens with zero attached hydrogens (tertiary/aromatic N) is 2. The molecule has 4 rings (SSSR count). The van der Waals surface area contributed by atoms with Crippen molar-refractivity contribution in [3.8, 4) is 5.75 Å². The maximum Gasteiger partial charge on any atom is 0.165 e. The number of halogens is 1. The van der Waals surface area contributed by atoms with Gasteiger partial charge in [0.25, 0.3) is 0 Å². The molecule has 0 aliphatic carbocycles. The molecule has 1 unspecified atom stereocenters. The largest absolute Gasteiger partial charge is 0.489 e. The first-order chi connectivity index (χ1) is 12.8. The first kappa shape index (κ1) is 16.7. The Morgan fingerprint density at radius 3 is 2.88 bits per heavy atom. The summed E-state index contributed by atoms with van der Waals surface area (Å²) in [6, 6.07) is 15.8. The lowest BCUT2D eigenvalue weighted by molar-refractivity contribution is 0.133. The zero-order valence-corrected chi connectivity index (χ0v) is 14.8. The number of benzene rings is 2. The lowest BCUT2D eigenvalue weighted by Gasteiger charge is -2.14. The highest BCUT2D eigenvalue weighted by Crippen LogP contribution is 2.33. The minimum Gasteiger partial charge on any atom is -0.489 e. The Kier molecular flexibility index (Phi) is 4.88. The Morgan fingerprint density at radius 2 is 2.08 bits per heavy atom. The van der Waals surface area contributed by atoms with E-state index < -0.39 is 0 Å². The number of nitrogens with one attached hydrogen (secondary N) is 1. The lowest BCUT2D eigenvalue weighted by Crippen LogP contribution is -2.03. The second-order valence-corrected chi connectivity index (χ2v) is 6.52. The second-order valence-electron chi connectivity index (χ2n) is 6.09. The lowest BCUT2D eigenvalue weighted by atomic mass is 10.1. The highest BCUT2D eigenvalue weighted by Gasteiger charge is 2.23. The van der Waals surface area contributed by atoms with Gasteiger partial charge in [0.05, 0.1) is 5.76 Å². The molecule has 2 aromatic carbocycles. The molecule has 0 fully saturated rings. The van der Waals surface area contributed by atoms with Crippen molar-refractivity contribution in [1.29, 1.82) is 0 Å². The van der Waals surface area contributed by atoms with Crippen LogP contribution in [-0.4, -0.2) is 15.2 Å². The van der Waals surface area contributed by atoms with E-state index in [0.29, 0.717) is 18.1 Å². The first-order valence-electron chi connectivity index (χ1n) is 8.44. The summed E-state index contributed by atoms with van der Waals surface area (Å²) in [5.74, 6) is 2.44. The fourth-order valence-electron chi connectivity index (χ4n) is 2.92. The average Bonchev–Trinajstić information content (AvgIpc) is 3.33. The van der Waals surface area contributed by atoms with Crippen LogP contribution in [0.3, 0.4) is 0 Å². The van der Waals surface area contributed by atoms with Crippen molar-refractivity contribution in [2.24, 2.45) is 0 Å². The molecule has 1 aliphatic heterocycles. The van der Waals surface area contributed by atoms with Crippen molar-refractivity contribution in [2.45, 2.75) is 25.6 Å². The molecule has 0 bridgehead atoms. The second kappa shape index (κ2) is 7.62. The number of aromatic nitrogens is 3. The van der Waals surface area contributed by atoms with E-state index in [1.54, 1.807) is 0 Å². The standard InChI is InChI=1S/C20H18ClN3O2/c21-16-6-8-18(25-12-14-4-2-1-3-5-14)15(10-16)11-17-7-9-19(26-17)20-22-13-23-24-20/h1-8,10,13,19H,9,11-12H2,(H,22,23,24). The van der Waals surface area contributed by atoms with Crippen LogP contribution < -0.4 is 4.74 Å². The molecule has 2 heterocycles. The van der Waals surface area contributed by atoms with Gasteiger partial charge in [-0.2, -0.15) is 5.10 Å². The minimum atomic E-state index is -0.111. The van der Waals surface area contributed by atoms with Crippen LogP contribution in [0.25, 0.3) is 0 Å². The van der Waals surface area contributed by atoms with Gasteiger partial charge in [0.1, 0.15) is 18.7 Å². The predicted octanol–water partition coefficient (Wildman–Crippen LogP) is 4.63. The summed E-state index contributed by atoms with van der Waals surface area (Å²) in [7, 11) is 0. The van der Waals surface area contributed by atoms with Crippen LogP contribution >= 0.6 is 11.6 Å². The van der Waals surface area contributed by atoms with Gasteiger partial charge in [-0.3, -0.25) is 5.10 Å². The average molecular weight is 368 g/mol. The smallest absolute Gasteiger partial charge is 0.165 e. The van der Waals surface area contributed by atoms with E-state index in [4.69, 9.17) is 21.1 Å². The van der Waals surface area contributed by atoms with Gasteiger partial charge in [0.2, 0.25) is 0 Å². The van der Waals surface area contributed by atoms with Crippen LogP contribution in [0.15, 0.2) is 66.7 Å². The monoisotopic (exact) mass is 367 g/mol. The van der Waals surface area contributed by atoms with Gasteiger partial charge in [-0.1, -0.05) is 41.9 Å². The zero-order chi connectivity index (χ0) is 17.8.